The predicted octanol–water partition coefficient (Wildman–Crippen LogP) is 1.00. The van der Waals surface area contributed by atoms with Gasteiger partial charge in [-0.25, -0.2) is 4.79 Å². The van der Waals surface area contributed by atoms with Gasteiger partial charge >= 0.3 is 5.97 Å². The first-order valence-electron chi connectivity index (χ1n) is 6.89. The molecule has 22 heavy (non-hydrogen) atoms. The van der Waals surface area contributed by atoms with E-state index >= 15 is 0 Å². The second-order valence-electron chi connectivity index (χ2n) is 5.62. The lowest BCUT2D eigenvalue weighted by atomic mass is 9.98. The maximum Gasteiger partial charge on any atom is 0.326 e. The number of hydrogen-bond acceptors (Lipinski definition) is 4. The molecule has 0 saturated carbocycles. The summed E-state index contributed by atoms with van der Waals surface area (Å²) >= 11 is 0. The van der Waals surface area contributed by atoms with E-state index in [0.29, 0.717) is 11.4 Å². The number of carboxylic acid groups (broad SMARTS) is 1. The van der Waals surface area contributed by atoms with Crippen LogP contribution in [-0.4, -0.2) is 34.5 Å². The van der Waals surface area contributed by atoms with Crippen molar-refractivity contribution in [1.29, 1.82) is 0 Å². The van der Waals surface area contributed by atoms with Gasteiger partial charge in [0.1, 0.15) is 11.8 Å². The van der Waals surface area contributed by atoms with Crippen LogP contribution in [0.15, 0.2) is 24.3 Å². The zero-order valence-corrected chi connectivity index (χ0v) is 12.5. The quantitative estimate of drug-likeness (QED) is 0.720. The molecule has 1 aromatic carbocycles. The fourth-order valence-electron chi connectivity index (χ4n) is 2.11. The van der Waals surface area contributed by atoms with E-state index in [2.05, 4.69) is 10.6 Å². The highest BCUT2D eigenvalue weighted by Crippen LogP contribution is 2.33. The number of rotatable bonds is 4. The summed E-state index contributed by atoms with van der Waals surface area (Å²) in [5.74, 6) is -2.57. The number of nitrogens with one attached hydrogen (secondary N) is 2. The number of aliphatic carboxylic acids is 1. The highest BCUT2D eigenvalue weighted by molar-refractivity contribution is 6.15. The lowest BCUT2D eigenvalue weighted by Gasteiger charge is -2.34. The molecule has 0 fully saturated rings. The first-order chi connectivity index (χ1) is 10.3. The summed E-state index contributed by atoms with van der Waals surface area (Å²) in [7, 11) is 0. The van der Waals surface area contributed by atoms with Crippen LogP contribution in [0.5, 0.6) is 5.75 Å². The van der Waals surface area contributed by atoms with E-state index in [1.165, 1.54) is 6.92 Å². The van der Waals surface area contributed by atoms with Crippen LogP contribution in [0, 0.1) is 5.92 Å². The standard InChI is InChI=1S/C15H18N2O5/c1-8(2)11(12(18)19)17-14(21)15(3)13(20)16-9-6-4-5-7-10(9)22-15/h4-8,11H,1-3H3,(H,16,20)(H,17,21)(H,18,19). The Hall–Kier alpha value is -2.57. The van der Waals surface area contributed by atoms with Crippen LogP contribution in [-0.2, 0) is 14.4 Å². The van der Waals surface area contributed by atoms with E-state index in [1.807, 2.05) is 0 Å². The van der Waals surface area contributed by atoms with Crippen molar-refractivity contribution in [3.63, 3.8) is 0 Å². The largest absolute Gasteiger partial charge is 0.480 e. The number of ether oxygens (including phenoxy) is 1. The molecule has 2 atom stereocenters. The van der Waals surface area contributed by atoms with E-state index in [4.69, 9.17) is 9.84 Å². The van der Waals surface area contributed by atoms with Crippen LogP contribution >= 0.6 is 0 Å². The second-order valence-corrected chi connectivity index (χ2v) is 5.62. The average molecular weight is 306 g/mol. The molecule has 2 unspecified atom stereocenters. The van der Waals surface area contributed by atoms with Gasteiger partial charge in [-0.3, -0.25) is 9.59 Å². The van der Waals surface area contributed by atoms with Gasteiger partial charge in [0.2, 0.25) is 0 Å². The van der Waals surface area contributed by atoms with Crippen LogP contribution in [0.3, 0.4) is 0 Å². The summed E-state index contributed by atoms with van der Waals surface area (Å²) in [6, 6.07) is 5.61. The number of hydrogen-bond donors (Lipinski definition) is 3. The van der Waals surface area contributed by atoms with Crippen molar-refractivity contribution in [1.82, 2.24) is 5.32 Å². The van der Waals surface area contributed by atoms with Crippen molar-refractivity contribution < 1.29 is 24.2 Å². The first-order valence-corrected chi connectivity index (χ1v) is 6.89. The van der Waals surface area contributed by atoms with E-state index < -0.39 is 29.4 Å². The normalized spacial score (nSPS) is 21.4. The molecule has 1 heterocycles. The van der Waals surface area contributed by atoms with Crippen LogP contribution in [0.4, 0.5) is 5.69 Å². The molecule has 2 amide bonds. The van der Waals surface area contributed by atoms with Crippen LogP contribution in [0.25, 0.3) is 0 Å². The van der Waals surface area contributed by atoms with Gasteiger partial charge in [0, 0.05) is 0 Å². The van der Waals surface area contributed by atoms with E-state index in [-0.39, 0.29) is 5.92 Å². The zero-order chi connectivity index (χ0) is 16.5. The second kappa shape index (κ2) is 5.67. The minimum Gasteiger partial charge on any atom is -0.480 e. The number of benzene rings is 1. The lowest BCUT2D eigenvalue weighted by molar-refractivity contribution is -0.151. The van der Waals surface area contributed by atoms with Crippen molar-refractivity contribution in [2.75, 3.05) is 5.32 Å². The molecule has 7 nitrogen and oxygen atoms in total. The summed E-state index contributed by atoms with van der Waals surface area (Å²) in [5, 5.41) is 14.1. The molecule has 3 N–H and O–H groups in total. The van der Waals surface area contributed by atoms with Crippen LogP contribution < -0.4 is 15.4 Å². The third-order valence-electron chi connectivity index (χ3n) is 3.54. The van der Waals surface area contributed by atoms with E-state index in [0.717, 1.165) is 0 Å². The predicted molar refractivity (Wildman–Crippen MR) is 78.5 cm³/mol. The van der Waals surface area contributed by atoms with Crippen LogP contribution in [0.2, 0.25) is 0 Å². The average Bonchev–Trinajstić information content (AvgIpc) is 2.44. The topological polar surface area (TPSA) is 105 Å². The van der Waals surface area contributed by atoms with Gasteiger partial charge in [0.05, 0.1) is 5.69 Å². The number of carbonyl (C=O) groups excluding carboxylic acids is 2. The highest BCUT2D eigenvalue weighted by Gasteiger charge is 2.48. The Labute approximate surface area is 127 Å². The Kier molecular flexibility index (Phi) is 4.07. The minimum atomic E-state index is -1.82. The number of amides is 2. The van der Waals surface area contributed by atoms with Crippen molar-refractivity contribution in [3.05, 3.63) is 24.3 Å². The molecule has 0 aliphatic carbocycles. The number of fused-ring (bicyclic) bond motifs is 1. The molecule has 0 bridgehead atoms. The van der Waals surface area contributed by atoms with Gasteiger partial charge in [-0.15, -0.1) is 0 Å². The Morgan fingerprint density at radius 3 is 2.55 bits per heavy atom. The monoisotopic (exact) mass is 306 g/mol. The third-order valence-corrected chi connectivity index (χ3v) is 3.54. The van der Waals surface area contributed by atoms with Gasteiger partial charge in [-0.2, -0.15) is 0 Å². The number of carbonyl (C=O) groups is 3. The van der Waals surface area contributed by atoms with Crippen molar-refractivity contribution in [2.24, 2.45) is 5.92 Å². The molecule has 1 aliphatic rings. The SMILES string of the molecule is CC(C)C(NC(=O)C1(C)Oc2ccccc2NC1=O)C(=O)O. The van der Waals surface area contributed by atoms with Gasteiger partial charge in [0.15, 0.2) is 0 Å². The minimum absolute atomic E-state index is 0.330. The zero-order valence-electron chi connectivity index (χ0n) is 12.5. The molecule has 1 aromatic rings. The number of para-hydroxylation sites is 2. The molecule has 7 heteroatoms. The number of anilines is 1. The molecule has 0 aromatic heterocycles. The molecule has 0 radical (unpaired) electrons. The molecule has 118 valence electrons. The van der Waals surface area contributed by atoms with Crippen LogP contribution in [0.1, 0.15) is 20.8 Å². The van der Waals surface area contributed by atoms with Crippen molar-refractivity contribution in [2.45, 2.75) is 32.4 Å². The maximum absolute atomic E-state index is 12.4. The fourth-order valence-corrected chi connectivity index (χ4v) is 2.11. The number of carboxylic acids is 1. The molecule has 0 spiro atoms. The molecule has 2 rings (SSSR count). The summed E-state index contributed by atoms with van der Waals surface area (Å²) in [6.45, 7) is 4.64. The van der Waals surface area contributed by atoms with Gasteiger partial charge in [-0.05, 0) is 25.0 Å². The Morgan fingerprint density at radius 2 is 1.95 bits per heavy atom. The van der Waals surface area contributed by atoms with Gasteiger partial charge in [-0.1, -0.05) is 26.0 Å². The first kappa shape index (κ1) is 15.8. The van der Waals surface area contributed by atoms with E-state index in [1.54, 1.807) is 38.1 Å². The summed E-state index contributed by atoms with van der Waals surface area (Å²) in [4.78, 5) is 35.8. The third kappa shape index (κ3) is 2.74. The van der Waals surface area contributed by atoms with Crippen molar-refractivity contribution >= 4 is 23.5 Å². The fraction of sp³-hybridized carbons (Fsp3) is 0.400. The molecule has 1 aliphatic heterocycles. The summed E-state index contributed by atoms with van der Waals surface area (Å²) in [6.07, 6.45) is 0. The van der Waals surface area contributed by atoms with E-state index in [9.17, 15) is 14.4 Å². The Bertz CT molecular complexity index is 628. The lowest BCUT2D eigenvalue weighted by Crippen LogP contribution is -2.61. The van der Waals surface area contributed by atoms with Gasteiger partial charge < -0.3 is 20.5 Å². The highest BCUT2D eigenvalue weighted by atomic mass is 16.5. The summed E-state index contributed by atoms with van der Waals surface area (Å²) in [5.41, 5.74) is -1.35. The van der Waals surface area contributed by atoms with Gasteiger partial charge in [0.25, 0.3) is 17.4 Å². The summed E-state index contributed by atoms with van der Waals surface area (Å²) < 4.78 is 5.54. The molecular formula is C15H18N2O5. The molecule has 0 saturated heterocycles. The maximum atomic E-state index is 12.4. The molecular weight excluding hydrogens is 288 g/mol. The smallest absolute Gasteiger partial charge is 0.326 e. The van der Waals surface area contributed by atoms with Crippen molar-refractivity contribution in [3.8, 4) is 5.75 Å². The Morgan fingerprint density at radius 1 is 1.32 bits per heavy atom. The Balaban J connectivity index is 2.25.